The molecule has 0 spiro atoms. The van der Waals surface area contributed by atoms with Crippen molar-refractivity contribution in [3.8, 4) is 0 Å². The van der Waals surface area contributed by atoms with Gasteiger partial charge in [-0.1, -0.05) is 48.5 Å². The fourth-order valence-electron chi connectivity index (χ4n) is 3.99. The van der Waals surface area contributed by atoms with Gasteiger partial charge in [0.15, 0.2) is 5.78 Å². The van der Waals surface area contributed by atoms with Crippen LogP contribution >= 0.6 is 0 Å². The molecule has 5 rings (SSSR count). The van der Waals surface area contributed by atoms with Gasteiger partial charge in [-0.05, 0) is 40.5 Å². The molecule has 2 aliphatic rings. The molecular weight excluding hydrogens is 340 g/mol. The smallest absolute Gasteiger partial charge is 0.337 e. The van der Waals surface area contributed by atoms with E-state index in [0.29, 0.717) is 16.7 Å². The largest absolute Gasteiger partial charge is 0.465 e. The van der Waals surface area contributed by atoms with Gasteiger partial charge in [-0.2, -0.15) is 0 Å². The zero-order valence-electron chi connectivity index (χ0n) is 14.6. The Morgan fingerprint density at radius 1 is 0.741 bits per heavy atom. The lowest BCUT2D eigenvalue weighted by atomic mass is 9.84. The fourth-order valence-corrected chi connectivity index (χ4v) is 3.99. The number of hydrogen-bond acceptors (Lipinski definition) is 4. The van der Waals surface area contributed by atoms with Crippen LogP contribution in [0.2, 0.25) is 0 Å². The van der Waals surface area contributed by atoms with Crippen LogP contribution in [0.25, 0.3) is 0 Å². The van der Waals surface area contributed by atoms with E-state index in [2.05, 4.69) is 0 Å². The summed E-state index contributed by atoms with van der Waals surface area (Å²) in [5.41, 5.74) is 5.93. The summed E-state index contributed by atoms with van der Waals surface area (Å²) in [5, 5.41) is 0. The van der Waals surface area contributed by atoms with E-state index in [9.17, 15) is 9.59 Å². The number of ether oxygens (including phenoxy) is 2. The van der Waals surface area contributed by atoms with Crippen molar-refractivity contribution in [1.29, 1.82) is 0 Å². The maximum Gasteiger partial charge on any atom is 0.337 e. The highest BCUT2D eigenvalue weighted by Crippen LogP contribution is 2.54. The van der Waals surface area contributed by atoms with Crippen LogP contribution in [0.4, 0.5) is 0 Å². The summed E-state index contributed by atoms with van der Waals surface area (Å²) in [6.07, 6.45) is -0.402. The second-order valence-electron chi connectivity index (χ2n) is 6.77. The summed E-state index contributed by atoms with van der Waals surface area (Å²) >= 11 is 0. The standard InChI is InChI=1S/C23H16O4/c1-26-23(25)15-8-10-17-19(12-15)22-18-11-14(7-9-16(18)21(17)27-22)20(24)13-5-3-2-4-6-13/h2-12,21-22H,1H3/t21-,22+/m0/s1. The van der Waals surface area contributed by atoms with E-state index < -0.39 is 0 Å². The first-order valence-corrected chi connectivity index (χ1v) is 8.78. The lowest BCUT2D eigenvalue weighted by Gasteiger charge is -2.17. The first kappa shape index (κ1) is 16.0. The molecule has 2 atom stereocenters. The van der Waals surface area contributed by atoms with E-state index in [4.69, 9.17) is 9.47 Å². The number of carbonyl (C=O) groups excluding carboxylic acids is 2. The average molecular weight is 356 g/mol. The molecule has 2 heterocycles. The highest BCUT2D eigenvalue weighted by Gasteiger charge is 2.43. The minimum absolute atomic E-state index is 0.00953. The first-order valence-electron chi connectivity index (χ1n) is 8.78. The maximum atomic E-state index is 12.8. The van der Waals surface area contributed by atoms with Gasteiger partial charge in [-0.3, -0.25) is 4.79 Å². The van der Waals surface area contributed by atoms with Gasteiger partial charge in [0.05, 0.1) is 12.7 Å². The highest BCUT2D eigenvalue weighted by atomic mass is 16.5. The number of esters is 1. The molecule has 3 aromatic rings. The van der Waals surface area contributed by atoms with Crippen LogP contribution in [0.15, 0.2) is 66.7 Å². The zero-order valence-corrected chi connectivity index (χ0v) is 14.6. The van der Waals surface area contributed by atoms with Crippen LogP contribution in [0, 0.1) is 0 Å². The van der Waals surface area contributed by atoms with Gasteiger partial charge >= 0.3 is 5.97 Å². The van der Waals surface area contributed by atoms with E-state index in [-0.39, 0.29) is 24.0 Å². The molecule has 0 aliphatic carbocycles. The molecule has 0 N–H and O–H groups in total. The fraction of sp³-hybridized carbons (Fsp3) is 0.130. The Morgan fingerprint density at radius 2 is 1.33 bits per heavy atom. The van der Waals surface area contributed by atoms with Gasteiger partial charge in [0.2, 0.25) is 0 Å². The molecule has 4 heteroatoms. The summed E-state index contributed by atoms with van der Waals surface area (Å²) in [7, 11) is 1.37. The lowest BCUT2D eigenvalue weighted by Crippen LogP contribution is -2.09. The normalized spacial score (nSPS) is 18.7. The summed E-state index contributed by atoms with van der Waals surface area (Å²) in [6.45, 7) is 0. The number of rotatable bonds is 3. The van der Waals surface area contributed by atoms with E-state index in [1.54, 1.807) is 6.07 Å². The molecule has 0 aromatic heterocycles. The van der Waals surface area contributed by atoms with E-state index in [1.165, 1.54) is 7.11 Å². The van der Waals surface area contributed by atoms with Crippen molar-refractivity contribution in [2.75, 3.05) is 7.11 Å². The number of carbonyl (C=O) groups is 2. The van der Waals surface area contributed by atoms with Crippen molar-refractivity contribution in [3.63, 3.8) is 0 Å². The van der Waals surface area contributed by atoms with Crippen molar-refractivity contribution in [2.45, 2.75) is 12.2 Å². The summed E-state index contributed by atoms with van der Waals surface area (Å²) in [5.74, 6) is -0.376. The molecule has 0 saturated heterocycles. The van der Waals surface area contributed by atoms with Gasteiger partial charge in [0, 0.05) is 11.1 Å². The van der Waals surface area contributed by atoms with Crippen molar-refractivity contribution in [3.05, 3.63) is 106 Å². The minimum Gasteiger partial charge on any atom is -0.465 e. The second kappa shape index (κ2) is 5.89. The number of methoxy groups -OCH3 is 1. The lowest BCUT2D eigenvalue weighted by molar-refractivity contribution is 0.0600. The minimum atomic E-state index is -0.367. The molecule has 0 amide bonds. The van der Waals surface area contributed by atoms with E-state index in [1.807, 2.05) is 60.7 Å². The Labute approximate surface area is 156 Å². The van der Waals surface area contributed by atoms with Gasteiger partial charge in [-0.15, -0.1) is 0 Å². The van der Waals surface area contributed by atoms with E-state index in [0.717, 1.165) is 22.3 Å². The molecular formula is C23H16O4. The molecule has 0 saturated carbocycles. The van der Waals surface area contributed by atoms with Crippen LogP contribution in [0.1, 0.15) is 60.7 Å². The highest BCUT2D eigenvalue weighted by molar-refractivity contribution is 6.09. The number of ketones is 1. The average Bonchev–Trinajstić information content (AvgIpc) is 3.29. The Bertz CT molecular complexity index is 1080. The molecule has 4 nitrogen and oxygen atoms in total. The monoisotopic (exact) mass is 356 g/mol. The van der Waals surface area contributed by atoms with Crippen molar-refractivity contribution in [2.24, 2.45) is 0 Å². The van der Waals surface area contributed by atoms with Crippen LogP contribution in [0.3, 0.4) is 0 Å². The van der Waals surface area contributed by atoms with Crippen molar-refractivity contribution < 1.29 is 19.1 Å². The molecule has 0 radical (unpaired) electrons. The summed E-state index contributed by atoms with van der Waals surface area (Å²) in [6, 6.07) is 20.5. The van der Waals surface area contributed by atoms with Gasteiger partial charge < -0.3 is 9.47 Å². The molecule has 3 aromatic carbocycles. The topological polar surface area (TPSA) is 52.6 Å². The van der Waals surface area contributed by atoms with Crippen molar-refractivity contribution >= 4 is 11.8 Å². The molecule has 132 valence electrons. The molecule has 2 bridgehead atoms. The summed E-state index contributed by atoms with van der Waals surface area (Å²) < 4.78 is 11.0. The third-order valence-corrected chi connectivity index (χ3v) is 5.29. The Morgan fingerprint density at radius 3 is 2.00 bits per heavy atom. The predicted molar refractivity (Wildman–Crippen MR) is 98.9 cm³/mol. The quantitative estimate of drug-likeness (QED) is 0.521. The molecule has 0 unspecified atom stereocenters. The van der Waals surface area contributed by atoms with Gasteiger partial charge in [0.1, 0.15) is 12.2 Å². The van der Waals surface area contributed by atoms with Crippen LogP contribution in [-0.2, 0) is 9.47 Å². The predicted octanol–water partition coefficient (Wildman–Crippen LogP) is 4.23. The Balaban J connectivity index is 1.55. The first-order chi connectivity index (χ1) is 13.2. The number of fused-ring (bicyclic) bond motifs is 8. The second-order valence-corrected chi connectivity index (χ2v) is 6.77. The SMILES string of the molecule is COC(=O)c1ccc2c(c1)[C@@H]1O[C@H]2c2ccc(C(=O)c3ccccc3)cc21. The van der Waals surface area contributed by atoms with E-state index >= 15 is 0 Å². The maximum absolute atomic E-state index is 12.8. The zero-order chi connectivity index (χ0) is 18.5. The Hall–Kier alpha value is -3.24. The van der Waals surface area contributed by atoms with Crippen molar-refractivity contribution in [1.82, 2.24) is 0 Å². The van der Waals surface area contributed by atoms with Gasteiger partial charge in [0.25, 0.3) is 0 Å². The summed E-state index contributed by atoms with van der Waals surface area (Å²) in [4.78, 5) is 24.6. The number of benzene rings is 3. The third kappa shape index (κ3) is 2.34. The van der Waals surface area contributed by atoms with Gasteiger partial charge in [-0.25, -0.2) is 4.79 Å². The van der Waals surface area contributed by atoms with Crippen LogP contribution in [0.5, 0.6) is 0 Å². The molecule has 2 aliphatic heterocycles. The van der Waals surface area contributed by atoms with Crippen LogP contribution < -0.4 is 0 Å². The molecule has 0 fully saturated rings. The molecule has 27 heavy (non-hydrogen) atoms. The third-order valence-electron chi connectivity index (χ3n) is 5.29. The Kier molecular flexibility index (Phi) is 3.49. The van der Waals surface area contributed by atoms with Crippen LogP contribution in [-0.4, -0.2) is 18.9 Å². The number of hydrogen-bond donors (Lipinski definition) is 0.